The average molecular weight is 335 g/mol. The number of ether oxygens (including phenoxy) is 1. The third-order valence-electron chi connectivity index (χ3n) is 4.96. The fourth-order valence-electron chi connectivity index (χ4n) is 3.49. The highest BCUT2D eigenvalue weighted by molar-refractivity contribution is 5.84. The number of hydrogen-bond acceptors (Lipinski definition) is 3. The summed E-state index contributed by atoms with van der Waals surface area (Å²) < 4.78 is 20.1. The first-order chi connectivity index (χ1) is 11.4. The molecule has 0 aromatic heterocycles. The molecule has 0 saturated carbocycles. The Morgan fingerprint density at radius 2 is 2.04 bits per heavy atom. The van der Waals surface area contributed by atoms with Gasteiger partial charge in [-0.25, -0.2) is 9.18 Å². The lowest BCUT2D eigenvalue weighted by Gasteiger charge is -2.34. The molecule has 3 unspecified atom stereocenters. The van der Waals surface area contributed by atoms with Crippen molar-refractivity contribution in [2.45, 2.75) is 38.0 Å². The minimum absolute atomic E-state index is 0.138. The summed E-state index contributed by atoms with van der Waals surface area (Å²) in [7, 11) is 0. The Balaban J connectivity index is 1.77. The Bertz CT molecular complexity index is 632. The third-order valence-corrected chi connectivity index (χ3v) is 4.96. The molecule has 0 aliphatic carbocycles. The third kappa shape index (κ3) is 3.15. The van der Waals surface area contributed by atoms with Gasteiger partial charge >= 0.3 is 5.97 Å². The zero-order chi connectivity index (χ0) is 17.3. The average Bonchev–Trinajstić information content (AvgIpc) is 2.99. The smallest absolute Gasteiger partial charge is 0.343 e. The number of halogens is 1. The van der Waals surface area contributed by atoms with E-state index in [9.17, 15) is 14.0 Å². The van der Waals surface area contributed by atoms with Crippen LogP contribution in [0.2, 0.25) is 0 Å². The van der Waals surface area contributed by atoms with Crippen LogP contribution in [0, 0.1) is 12.8 Å². The van der Waals surface area contributed by atoms with Crippen LogP contribution in [0.25, 0.3) is 0 Å². The van der Waals surface area contributed by atoms with Crippen molar-refractivity contribution in [2.75, 3.05) is 19.7 Å². The van der Waals surface area contributed by atoms with E-state index in [4.69, 9.17) is 9.84 Å². The molecule has 24 heavy (non-hydrogen) atoms. The first-order valence-electron chi connectivity index (χ1n) is 8.30. The quantitative estimate of drug-likeness (QED) is 0.921. The number of carboxylic acid groups (broad SMARTS) is 1. The van der Waals surface area contributed by atoms with E-state index in [1.165, 1.54) is 4.90 Å². The van der Waals surface area contributed by atoms with Gasteiger partial charge in [0.15, 0.2) is 0 Å². The van der Waals surface area contributed by atoms with Crippen molar-refractivity contribution in [1.29, 1.82) is 0 Å². The second-order valence-electron chi connectivity index (χ2n) is 6.73. The molecule has 3 rings (SSSR count). The van der Waals surface area contributed by atoms with Crippen LogP contribution in [0.5, 0.6) is 0 Å². The van der Waals surface area contributed by atoms with Gasteiger partial charge < -0.3 is 14.7 Å². The summed E-state index contributed by atoms with van der Waals surface area (Å²) in [6, 6.07) is 7.85. The molecule has 130 valence electrons. The van der Waals surface area contributed by atoms with Gasteiger partial charge in [-0.05, 0) is 25.3 Å². The number of aliphatic carboxylic acids is 1. The predicted molar refractivity (Wildman–Crippen MR) is 85.3 cm³/mol. The maximum absolute atomic E-state index is 14.3. The fraction of sp³-hybridized carbons (Fsp3) is 0.556. The molecule has 1 N–H and O–H groups in total. The summed E-state index contributed by atoms with van der Waals surface area (Å²) in [5.74, 6) is -2.09. The van der Waals surface area contributed by atoms with Gasteiger partial charge in [-0.1, -0.05) is 29.8 Å². The molecular weight excluding hydrogens is 313 g/mol. The molecule has 2 heterocycles. The lowest BCUT2D eigenvalue weighted by Crippen LogP contribution is -2.43. The van der Waals surface area contributed by atoms with Crippen LogP contribution in [0.15, 0.2) is 24.3 Å². The van der Waals surface area contributed by atoms with Crippen molar-refractivity contribution in [3.63, 3.8) is 0 Å². The Hall–Kier alpha value is -1.95. The van der Waals surface area contributed by atoms with Crippen molar-refractivity contribution in [3.8, 4) is 0 Å². The first kappa shape index (κ1) is 16.9. The van der Waals surface area contributed by atoms with Crippen LogP contribution in [-0.2, 0) is 14.3 Å². The molecule has 0 bridgehead atoms. The van der Waals surface area contributed by atoms with Crippen molar-refractivity contribution >= 4 is 11.9 Å². The predicted octanol–water partition coefficient (Wildman–Crippen LogP) is 2.49. The highest BCUT2D eigenvalue weighted by Gasteiger charge is 2.48. The molecule has 2 aliphatic heterocycles. The number of alkyl halides is 1. The highest BCUT2D eigenvalue weighted by atomic mass is 19.1. The zero-order valence-corrected chi connectivity index (χ0v) is 13.7. The monoisotopic (exact) mass is 335 g/mol. The number of amides is 1. The number of carboxylic acids is 1. The molecule has 1 amide bonds. The number of nitrogens with zero attached hydrogens (tertiary/aromatic N) is 1. The van der Waals surface area contributed by atoms with Crippen molar-refractivity contribution < 1.29 is 23.8 Å². The van der Waals surface area contributed by atoms with Gasteiger partial charge in [0.2, 0.25) is 11.6 Å². The van der Waals surface area contributed by atoms with Gasteiger partial charge in [0.05, 0.1) is 18.6 Å². The van der Waals surface area contributed by atoms with Crippen LogP contribution in [0.4, 0.5) is 4.39 Å². The van der Waals surface area contributed by atoms with E-state index in [0.717, 1.165) is 17.5 Å². The molecule has 2 aliphatic rings. The van der Waals surface area contributed by atoms with Crippen LogP contribution < -0.4 is 0 Å². The van der Waals surface area contributed by atoms with Gasteiger partial charge in [0.25, 0.3) is 0 Å². The van der Waals surface area contributed by atoms with Crippen molar-refractivity contribution in [3.05, 3.63) is 35.4 Å². The molecule has 0 radical (unpaired) electrons. The molecule has 2 fully saturated rings. The van der Waals surface area contributed by atoms with Crippen LogP contribution >= 0.6 is 0 Å². The second-order valence-corrected chi connectivity index (χ2v) is 6.73. The number of benzene rings is 1. The minimum atomic E-state index is -2.33. The summed E-state index contributed by atoms with van der Waals surface area (Å²) in [5.41, 5.74) is -0.270. The first-order valence-corrected chi connectivity index (χ1v) is 8.30. The summed E-state index contributed by atoms with van der Waals surface area (Å²) in [6.45, 7) is 2.34. The van der Waals surface area contributed by atoms with Gasteiger partial charge in [0, 0.05) is 19.6 Å². The van der Waals surface area contributed by atoms with E-state index in [1.54, 1.807) is 0 Å². The number of rotatable bonds is 3. The summed E-state index contributed by atoms with van der Waals surface area (Å²) in [6.07, 6.45) is 0.926. The molecule has 5 nitrogen and oxygen atoms in total. The normalized spacial score (nSPS) is 30.3. The zero-order valence-electron chi connectivity index (χ0n) is 13.7. The van der Waals surface area contributed by atoms with E-state index in [2.05, 4.69) is 0 Å². The topological polar surface area (TPSA) is 66.8 Å². The molecule has 1 aromatic rings. The van der Waals surface area contributed by atoms with Gasteiger partial charge in [-0.15, -0.1) is 0 Å². The molecular formula is C18H22FNO4. The SMILES string of the molecule is Cc1ccc(C2OCCCC2C(=O)N2CCC(F)(C(=O)O)C2)cc1. The van der Waals surface area contributed by atoms with Crippen molar-refractivity contribution in [2.24, 2.45) is 5.92 Å². The van der Waals surface area contributed by atoms with Crippen LogP contribution in [-0.4, -0.2) is 47.2 Å². The summed E-state index contributed by atoms with van der Waals surface area (Å²) in [4.78, 5) is 25.2. The summed E-state index contributed by atoms with van der Waals surface area (Å²) >= 11 is 0. The summed E-state index contributed by atoms with van der Waals surface area (Å²) in [5, 5.41) is 9.00. The largest absolute Gasteiger partial charge is 0.479 e. The molecule has 2 saturated heterocycles. The van der Waals surface area contributed by atoms with Gasteiger partial charge in [0.1, 0.15) is 0 Å². The second kappa shape index (κ2) is 6.51. The van der Waals surface area contributed by atoms with Gasteiger partial charge in [-0.2, -0.15) is 0 Å². The molecule has 0 spiro atoms. The van der Waals surface area contributed by atoms with Crippen molar-refractivity contribution in [1.82, 2.24) is 4.90 Å². The fourth-order valence-corrected chi connectivity index (χ4v) is 3.49. The number of likely N-dealkylation sites (tertiary alicyclic amines) is 1. The minimum Gasteiger partial charge on any atom is -0.479 e. The van der Waals surface area contributed by atoms with Crippen LogP contribution in [0.3, 0.4) is 0 Å². The Kier molecular flexibility index (Phi) is 4.58. The van der Waals surface area contributed by atoms with Crippen LogP contribution in [0.1, 0.15) is 36.5 Å². The Morgan fingerprint density at radius 3 is 2.67 bits per heavy atom. The highest BCUT2D eigenvalue weighted by Crippen LogP contribution is 2.37. The van der Waals surface area contributed by atoms with E-state index >= 15 is 0 Å². The lowest BCUT2D eigenvalue weighted by atomic mass is 9.88. The Labute approximate surface area is 140 Å². The lowest BCUT2D eigenvalue weighted by molar-refractivity contribution is -0.151. The maximum Gasteiger partial charge on any atom is 0.343 e. The standard InChI is InChI=1S/C18H22FNO4/c1-12-4-6-13(7-5-12)15-14(3-2-10-24-15)16(21)20-9-8-18(19,11-20)17(22)23/h4-7,14-15H,2-3,8-11H2,1H3,(H,22,23). The number of aryl methyl sites for hydroxylation is 1. The number of hydrogen-bond donors (Lipinski definition) is 1. The Morgan fingerprint density at radius 1 is 1.33 bits per heavy atom. The molecule has 1 aromatic carbocycles. The number of carbonyl (C=O) groups is 2. The van der Waals surface area contributed by atoms with Gasteiger partial charge in [-0.3, -0.25) is 4.79 Å². The van der Waals surface area contributed by atoms with E-state index < -0.39 is 17.6 Å². The maximum atomic E-state index is 14.3. The van der Waals surface area contributed by atoms with E-state index in [1.807, 2.05) is 31.2 Å². The number of carbonyl (C=O) groups excluding carboxylic acids is 1. The van der Waals surface area contributed by atoms with E-state index in [-0.39, 0.29) is 31.5 Å². The van der Waals surface area contributed by atoms with E-state index in [0.29, 0.717) is 13.0 Å². The molecule has 6 heteroatoms. The molecule has 3 atom stereocenters.